The third-order valence-corrected chi connectivity index (χ3v) is 5.83. The zero-order chi connectivity index (χ0) is 21.3. The van der Waals surface area contributed by atoms with E-state index in [1.165, 1.54) is 5.56 Å². The molecule has 1 saturated heterocycles. The number of hydrogen-bond acceptors (Lipinski definition) is 3. The highest BCUT2D eigenvalue weighted by atomic mass is 16.5. The summed E-state index contributed by atoms with van der Waals surface area (Å²) in [5.74, 6) is 1.42. The molecule has 2 aromatic carbocycles. The van der Waals surface area contributed by atoms with Crippen LogP contribution < -0.4 is 10.1 Å². The number of piperidine rings is 1. The number of carbonyl (C=O) groups is 2. The first kappa shape index (κ1) is 21.9. The monoisotopic (exact) mass is 408 g/mol. The molecule has 0 aliphatic carbocycles. The maximum Gasteiger partial charge on any atom is 0.224 e. The Morgan fingerprint density at radius 2 is 1.93 bits per heavy atom. The molecule has 1 aliphatic heterocycles. The van der Waals surface area contributed by atoms with E-state index in [0.29, 0.717) is 18.8 Å². The zero-order valence-electron chi connectivity index (χ0n) is 18.0. The van der Waals surface area contributed by atoms with Crippen molar-refractivity contribution in [1.82, 2.24) is 4.90 Å². The van der Waals surface area contributed by atoms with E-state index in [1.807, 2.05) is 48.2 Å². The summed E-state index contributed by atoms with van der Waals surface area (Å²) < 4.78 is 5.21. The first-order valence-corrected chi connectivity index (χ1v) is 10.8. The van der Waals surface area contributed by atoms with Crippen molar-refractivity contribution in [3.8, 4) is 5.75 Å². The van der Waals surface area contributed by atoms with Gasteiger partial charge in [0, 0.05) is 31.6 Å². The molecule has 0 unspecified atom stereocenters. The second kappa shape index (κ2) is 10.8. The van der Waals surface area contributed by atoms with E-state index < -0.39 is 0 Å². The van der Waals surface area contributed by atoms with Crippen LogP contribution in [-0.2, 0) is 16.0 Å². The van der Waals surface area contributed by atoms with Gasteiger partial charge in [0.25, 0.3) is 0 Å². The summed E-state index contributed by atoms with van der Waals surface area (Å²) >= 11 is 0. The number of benzene rings is 2. The molecule has 1 aliphatic rings. The van der Waals surface area contributed by atoms with E-state index in [0.717, 1.165) is 55.8 Å². The lowest BCUT2D eigenvalue weighted by atomic mass is 9.93. The van der Waals surface area contributed by atoms with Gasteiger partial charge in [-0.3, -0.25) is 9.59 Å². The van der Waals surface area contributed by atoms with Crippen LogP contribution in [0.15, 0.2) is 48.5 Å². The highest BCUT2D eigenvalue weighted by molar-refractivity contribution is 5.91. The molecule has 30 heavy (non-hydrogen) atoms. The number of nitrogens with zero attached hydrogens (tertiary/aromatic N) is 1. The lowest BCUT2D eigenvalue weighted by molar-refractivity contribution is -0.133. The zero-order valence-corrected chi connectivity index (χ0v) is 18.0. The van der Waals surface area contributed by atoms with Gasteiger partial charge in [0.05, 0.1) is 7.11 Å². The highest BCUT2D eigenvalue weighted by Crippen LogP contribution is 2.24. The Hall–Kier alpha value is -2.82. The van der Waals surface area contributed by atoms with Gasteiger partial charge >= 0.3 is 0 Å². The van der Waals surface area contributed by atoms with Crippen molar-refractivity contribution in [2.24, 2.45) is 5.92 Å². The molecule has 1 atom stereocenters. The molecule has 1 N–H and O–H groups in total. The molecule has 1 heterocycles. The molecule has 5 heteroatoms. The molecule has 0 radical (unpaired) electrons. The van der Waals surface area contributed by atoms with Crippen LogP contribution in [0, 0.1) is 12.8 Å². The fourth-order valence-electron chi connectivity index (χ4n) is 4.03. The highest BCUT2D eigenvalue weighted by Gasteiger charge is 2.24. The van der Waals surface area contributed by atoms with Gasteiger partial charge in [-0.05, 0) is 67.9 Å². The van der Waals surface area contributed by atoms with Crippen LogP contribution in [0.4, 0.5) is 5.69 Å². The van der Waals surface area contributed by atoms with Gasteiger partial charge in [-0.2, -0.15) is 0 Å². The average Bonchev–Trinajstić information content (AvgIpc) is 2.78. The van der Waals surface area contributed by atoms with Crippen molar-refractivity contribution < 1.29 is 14.3 Å². The molecular formula is C25H32N2O3. The van der Waals surface area contributed by atoms with E-state index in [1.54, 1.807) is 7.11 Å². The van der Waals surface area contributed by atoms with Crippen molar-refractivity contribution in [3.05, 3.63) is 59.7 Å². The number of aryl methyl sites for hydroxylation is 2. The summed E-state index contributed by atoms with van der Waals surface area (Å²) in [6.45, 7) is 3.56. The molecule has 1 fully saturated rings. The van der Waals surface area contributed by atoms with Crippen LogP contribution in [0.25, 0.3) is 0 Å². The molecule has 3 rings (SSSR count). The Bertz CT molecular complexity index is 851. The number of likely N-dealkylation sites (tertiary alicyclic amines) is 1. The lowest BCUT2D eigenvalue weighted by Crippen LogP contribution is -2.40. The normalized spacial score (nSPS) is 16.2. The Labute approximate surface area is 179 Å². The predicted octanol–water partition coefficient (Wildman–Crippen LogP) is 4.59. The topological polar surface area (TPSA) is 58.6 Å². The average molecular weight is 409 g/mol. The van der Waals surface area contributed by atoms with Gasteiger partial charge < -0.3 is 15.0 Å². The number of ether oxygens (including phenoxy) is 1. The molecular weight excluding hydrogens is 376 g/mol. The summed E-state index contributed by atoms with van der Waals surface area (Å²) in [6.07, 6.45) is 4.71. The quantitative estimate of drug-likeness (QED) is 0.695. The van der Waals surface area contributed by atoms with Crippen molar-refractivity contribution in [2.45, 2.75) is 45.4 Å². The third kappa shape index (κ3) is 6.34. The first-order chi connectivity index (χ1) is 14.5. The minimum absolute atomic E-state index is 0.0239. The maximum absolute atomic E-state index is 12.6. The van der Waals surface area contributed by atoms with Crippen LogP contribution in [0.5, 0.6) is 5.75 Å². The fourth-order valence-corrected chi connectivity index (χ4v) is 4.03. The van der Waals surface area contributed by atoms with Gasteiger partial charge in [0.15, 0.2) is 0 Å². The van der Waals surface area contributed by atoms with Crippen LogP contribution >= 0.6 is 0 Å². The lowest BCUT2D eigenvalue weighted by Gasteiger charge is -2.33. The van der Waals surface area contributed by atoms with Gasteiger partial charge in [0.1, 0.15) is 5.75 Å². The smallest absolute Gasteiger partial charge is 0.224 e. The molecule has 0 aromatic heterocycles. The standard InChI is InChI=1S/C25H32N2O3/c1-19-17-22(30-2)12-13-23(19)26-24(28)14-10-21-9-6-16-27(18-21)25(29)15-11-20-7-4-3-5-8-20/h3-5,7-8,12-13,17,21H,6,9-11,14-16,18H2,1-2H3,(H,26,28)/t21-/m1/s1. The van der Waals surface area contributed by atoms with Crippen LogP contribution in [0.1, 0.15) is 43.2 Å². The molecule has 0 saturated carbocycles. The maximum atomic E-state index is 12.6. The first-order valence-electron chi connectivity index (χ1n) is 10.8. The van der Waals surface area contributed by atoms with Crippen LogP contribution in [0.3, 0.4) is 0 Å². The summed E-state index contributed by atoms with van der Waals surface area (Å²) in [6, 6.07) is 15.8. The van der Waals surface area contributed by atoms with Crippen LogP contribution in [-0.4, -0.2) is 36.9 Å². The largest absolute Gasteiger partial charge is 0.497 e. The number of anilines is 1. The predicted molar refractivity (Wildman–Crippen MR) is 120 cm³/mol. The van der Waals surface area contributed by atoms with Crippen molar-refractivity contribution >= 4 is 17.5 Å². The van der Waals surface area contributed by atoms with Gasteiger partial charge in [-0.25, -0.2) is 0 Å². The molecule has 0 bridgehead atoms. The molecule has 5 nitrogen and oxygen atoms in total. The third-order valence-electron chi connectivity index (χ3n) is 5.83. The number of methoxy groups -OCH3 is 1. The minimum atomic E-state index is 0.0239. The number of rotatable bonds is 8. The molecule has 160 valence electrons. The van der Waals surface area contributed by atoms with Gasteiger partial charge in [0.2, 0.25) is 11.8 Å². The summed E-state index contributed by atoms with van der Waals surface area (Å²) in [4.78, 5) is 27.0. The van der Waals surface area contributed by atoms with Crippen molar-refractivity contribution in [3.63, 3.8) is 0 Å². The molecule has 2 aromatic rings. The fraction of sp³-hybridized carbons (Fsp3) is 0.440. The number of amides is 2. The Kier molecular flexibility index (Phi) is 7.89. The second-order valence-electron chi connectivity index (χ2n) is 8.10. The summed E-state index contributed by atoms with van der Waals surface area (Å²) in [5, 5.41) is 3.00. The van der Waals surface area contributed by atoms with Gasteiger partial charge in [-0.15, -0.1) is 0 Å². The minimum Gasteiger partial charge on any atom is -0.497 e. The van der Waals surface area contributed by atoms with E-state index in [9.17, 15) is 9.59 Å². The molecule has 0 spiro atoms. The van der Waals surface area contributed by atoms with E-state index in [-0.39, 0.29) is 11.8 Å². The molecule has 2 amide bonds. The van der Waals surface area contributed by atoms with E-state index >= 15 is 0 Å². The SMILES string of the molecule is COc1ccc(NC(=O)CC[C@H]2CCCN(C(=O)CCc3ccccc3)C2)c(C)c1. The van der Waals surface area contributed by atoms with Crippen LogP contribution in [0.2, 0.25) is 0 Å². The van der Waals surface area contributed by atoms with E-state index in [4.69, 9.17) is 4.74 Å². The van der Waals surface area contributed by atoms with Crippen molar-refractivity contribution in [1.29, 1.82) is 0 Å². The Morgan fingerprint density at radius 1 is 1.13 bits per heavy atom. The van der Waals surface area contributed by atoms with E-state index in [2.05, 4.69) is 17.4 Å². The number of carbonyl (C=O) groups excluding carboxylic acids is 2. The summed E-state index contributed by atoms with van der Waals surface area (Å²) in [7, 11) is 1.63. The van der Waals surface area contributed by atoms with Gasteiger partial charge in [-0.1, -0.05) is 30.3 Å². The Morgan fingerprint density at radius 3 is 2.67 bits per heavy atom. The second-order valence-corrected chi connectivity index (χ2v) is 8.10. The Balaban J connectivity index is 1.43. The number of hydrogen-bond donors (Lipinski definition) is 1. The number of nitrogens with one attached hydrogen (secondary N) is 1. The van der Waals surface area contributed by atoms with Crippen molar-refractivity contribution in [2.75, 3.05) is 25.5 Å². The summed E-state index contributed by atoms with van der Waals surface area (Å²) in [5.41, 5.74) is 3.00.